The van der Waals surface area contributed by atoms with E-state index in [4.69, 9.17) is 23.7 Å². The van der Waals surface area contributed by atoms with Crippen molar-refractivity contribution in [1.82, 2.24) is 0 Å². The molecule has 6 aromatic carbocycles. The van der Waals surface area contributed by atoms with E-state index in [1.807, 2.05) is 149 Å². The van der Waals surface area contributed by atoms with Crippen molar-refractivity contribution in [2.45, 2.75) is 165 Å². The van der Waals surface area contributed by atoms with Gasteiger partial charge in [0, 0.05) is 44.2 Å². The van der Waals surface area contributed by atoms with E-state index < -0.39 is 121 Å². The SMILES string of the molecule is CCC1(OC(=O)COC(=O)c2ccc(C)c(-[s+]3c4ccccc4c(=O)c4ccccc43)c2)CCCC1.CCC1(OC(=O)COC(=O)c2ccc(C)c(-[s+]3c4ccccc4c(=O)c4ccccc43)c2)CCCC1.I.O=C(OCCC(F)(F)C(F)(F)S(=O)(=O)[O-])C12CC3CC(CC(O)(C3)C1)C2. The number of benzene rings is 6. The number of aliphatic hydroxyl groups is 1. The molecule has 0 saturated heterocycles. The first kappa shape index (κ1) is 74.5. The van der Waals surface area contributed by atoms with Gasteiger partial charge in [-0.3, -0.25) is 14.4 Å². The lowest BCUT2D eigenvalue weighted by molar-refractivity contribution is -0.201. The Kier molecular flexibility index (Phi) is 22.4. The van der Waals surface area contributed by atoms with Crippen molar-refractivity contribution in [2.75, 3.05) is 19.8 Å². The van der Waals surface area contributed by atoms with Gasteiger partial charge < -0.3 is 33.3 Å². The summed E-state index contributed by atoms with van der Waals surface area (Å²) in [4.78, 5) is 91.4. The first-order valence-electron chi connectivity index (χ1n) is 33.1. The molecule has 0 amide bonds. The van der Waals surface area contributed by atoms with Gasteiger partial charge >= 0.3 is 41.0 Å². The number of esters is 5. The third-order valence-electron chi connectivity index (χ3n) is 20.2. The maximum atomic E-state index is 13.4. The molecule has 16 nitrogen and oxygen atoms in total. The summed E-state index contributed by atoms with van der Waals surface area (Å²) in [6, 6.07) is 41.5. The van der Waals surface area contributed by atoms with Crippen LogP contribution in [0.1, 0.15) is 155 Å². The van der Waals surface area contributed by atoms with Crippen LogP contribution in [0.25, 0.3) is 50.1 Å². The standard InChI is InChI=1S/2C30H29O5S.C15H20F4O6S.HI/c2*1-3-30(16-8-9-17-30)35-27(31)19-34-29(33)21-15-14-20(2)26(18-21)36-24-12-6-4-10-22(24)28(32)23-11-5-7-13-25(23)36;16-14(17,15(18,19)26(22,23)24)1-2-25-11(20)12-4-9-3-10(5-12)7-13(21,6-9)8-12;/h2*4-7,10-15,18H,3,8-9,16-17,19H2,1-2H3;9-10,21H,1-8H2,(H,22,23,24);1H/q2*+1;;/p-1. The van der Waals surface area contributed by atoms with Gasteiger partial charge in [0.2, 0.25) is 10.9 Å². The predicted octanol–water partition coefficient (Wildman–Crippen LogP) is 16.3. The molecule has 6 saturated carbocycles. The first-order valence-corrected chi connectivity index (χ1v) is 36.9. The summed E-state index contributed by atoms with van der Waals surface area (Å²) in [5.41, 5.74) is -0.0337. The maximum absolute atomic E-state index is 13.4. The van der Waals surface area contributed by atoms with Gasteiger partial charge in [-0.1, -0.05) is 74.5 Å². The number of carbonyl (C=O) groups is 5. The molecular formula is C75H78F4IO16S3+. The minimum absolute atomic E-state index is 0. The molecule has 6 aliphatic carbocycles. The first-order chi connectivity index (χ1) is 46.5. The molecular weight excluding hydrogens is 1460 g/mol. The van der Waals surface area contributed by atoms with Gasteiger partial charge in [-0.2, -0.15) is 17.6 Å². The molecule has 2 unspecified atom stereocenters. The summed E-state index contributed by atoms with van der Waals surface area (Å²) in [7, 11) is -7.68. The molecule has 1 N–H and O–H groups in total. The Morgan fingerprint density at radius 2 is 0.929 bits per heavy atom. The number of ether oxygens (including phenoxy) is 5. The Labute approximate surface area is 592 Å². The fraction of sp³-hybridized carbons (Fsp3) is 0.427. The van der Waals surface area contributed by atoms with E-state index in [-0.39, 0.29) is 53.1 Å². The second-order valence-electron chi connectivity index (χ2n) is 26.8. The predicted molar refractivity (Wildman–Crippen MR) is 381 cm³/mol. The highest BCUT2D eigenvalue weighted by molar-refractivity contribution is 14.0. The van der Waals surface area contributed by atoms with Crippen molar-refractivity contribution in [3.8, 4) is 9.79 Å². The minimum atomic E-state index is -6.56. The van der Waals surface area contributed by atoms with Crippen LogP contribution in [0.2, 0.25) is 0 Å². The van der Waals surface area contributed by atoms with Gasteiger partial charge in [0.1, 0.15) is 11.2 Å². The molecule has 0 spiro atoms. The van der Waals surface area contributed by atoms with Gasteiger partial charge in [-0.15, -0.1) is 24.0 Å². The number of halogens is 5. The van der Waals surface area contributed by atoms with Crippen LogP contribution in [0.4, 0.5) is 17.6 Å². The zero-order chi connectivity index (χ0) is 70.2. The average molecular weight is 1530 g/mol. The van der Waals surface area contributed by atoms with Crippen LogP contribution >= 0.6 is 44.9 Å². The van der Waals surface area contributed by atoms with Crippen molar-refractivity contribution in [3.63, 3.8) is 0 Å². The highest BCUT2D eigenvalue weighted by atomic mass is 127. The van der Waals surface area contributed by atoms with Gasteiger partial charge in [-0.05, 0) is 189 Å². The molecule has 2 aromatic heterocycles. The molecule has 0 radical (unpaired) electrons. The van der Waals surface area contributed by atoms with E-state index in [2.05, 4.69) is 0 Å². The Balaban J connectivity index is 0.000000162. The van der Waals surface area contributed by atoms with Crippen LogP contribution in [0.15, 0.2) is 143 Å². The molecule has 2 heterocycles. The van der Waals surface area contributed by atoms with Crippen LogP contribution in [0.5, 0.6) is 0 Å². The summed E-state index contributed by atoms with van der Waals surface area (Å²) >= 11 is 0. The van der Waals surface area contributed by atoms with E-state index in [0.717, 1.165) is 110 Å². The number of fused-ring (bicyclic) bond motifs is 4. The Hall–Kier alpha value is -7.23. The van der Waals surface area contributed by atoms with E-state index in [1.54, 1.807) is 12.1 Å². The normalized spacial score (nSPS) is 20.4. The quantitative estimate of drug-likeness (QED) is 0.0160. The lowest BCUT2D eigenvalue weighted by Crippen LogP contribution is -2.58. The molecule has 99 heavy (non-hydrogen) atoms. The van der Waals surface area contributed by atoms with Crippen molar-refractivity contribution < 1.29 is 83.3 Å². The molecule has 6 aliphatic rings. The second kappa shape index (κ2) is 29.8. The molecule has 14 rings (SSSR count). The molecule has 0 aliphatic heterocycles. The molecule has 4 bridgehead atoms. The third kappa shape index (κ3) is 15.4. The topological polar surface area (TPSA) is 243 Å². The van der Waals surface area contributed by atoms with Crippen LogP contribution < -0.4 is 10.9 Å². The second-order valence-corrected chi connectivity index (χ2v) is 32.1. The van der Waals surface area contributed by atoms with Crippen LogP contribution in [0, 0.1) is 31.1 Å². The number of hydrogen-bond acceptors (Lipinski definition) is 16. The van der Waals surface area contributed by atoms with E-state index >= 15 is 0 Å². The molecule has 8 aromatic rings. The largest absolute Gasteiger partial charge is 0.743 e. The van der Waals surface area contributed by atoms with Gasteiger partial charge in [-0.25, -0.2) is 27.6 Å². The number of alkyl halides is 4. The monoisotopic (exact) mass is 1530 g/mol. The highest BCUT2D eigenvalue weighted by Gasteiger charge is 2.63. The van der Waals surface area contributed by atoms with E-state index in [1.165, 1.54) is 0 Å². The molecule has 526 valence electrons. The van der Waals surface area contributed by atoms with Crippen molar-refractivity contribution in [1.29, 1.82) is 0 Å². The Bertz CT molecular complexity index is 4310. The van der Waals surface area contributed by atoms with Crippen molar-refractivity contribution in [3.05, 3.63) is 176 Å². The number of rotatable bonds is 18. The summed E-state index contributed by atoms with van der Waals surface area (Å²) in [5.74, 6) is -7.88. The minimum Gasteiger partial charge on any atom is -0.743 e. The molecule has 6 fully saturated rings. The third-order valence-corrected chi connectivity index (χ3v) is 26.0. The summed E-state index contributed by atoms with van der Waals surface area (Å²) in [6.07, 6.45) is 10.4. The number of aryl methyl sites for hydroxylation is 2. The smallest absolute Gasteiger partial charge is 0.396 e. The lowest BCUT2D eigenvalue weighted by Gasteiger charge is -2.58. The fourth-order valence-electron chi connectivity index (χ4n) is 15.5. The van der Waals surface area contributed by atoms with E-state index in [0.29, 0.717) is 58.4 Å². The average Bonchev–Trinajstić information content (AvgIpc) is 0.940. The fourth-order valence-corrected chi connectivity index (χ4v) is 21.0. The summed E-state index contributed by atoms with van der Waals surface area (Å²) in [5, 5.41) is 7.50. The van der Waals surface area contributed by atoms with Crippen LogP contribution in [0.3, 0.4) is 0 Å². The highest BCUT2D eigenvalue weighted by Crippen LogP contribution is 2.62. The van der Waals surface area contributed by atoms with Crippen LogP contribution in [-0.2, 0) is 48.2 Å². The van der Waals surface area contributed by atoms with Gasteiger partial charge in [0.25, 0.3) is 0 Å². The molecule has 2 atom stereocenters. The summed E-state index contributed by atoms with van der Waals surface area (Å²) in [6.45, 7) is 6.09. The zero-order valence-electron chi connectivity index (χ0n) is 55.2. The summed E-state index contributed by atoms with van der Waals surface area (Å²) < 4.78 is 115. The van der Waals surface area contributed by atoms with Gasteiger partial charge in [0.15, 0.2) is 51.9 Å². The lowest BCUT2D eigenvalue weighted by atomic mass is 9.48. The molecule has 24 heteroatoms. The number of hydrogen-bond donors (Lipinski definition) is 1. The van der Waals surface area contributed by atoms with Gasteiger partial charge in [0.05, 0.1) is 56.7 Å². The van der Waals surface area contributed by atoms with Crippen LogP contribution in [-0.4, -0.2) is 95.7 Å². The van der Waals surface area contributed by atoms with Crippen molar-refractivity contribution in [2.24, 2.45) is 17.3 Å². The number of carbonyl (C=O) groups excluding carboxylic acids is 5. The van der Waals surface area contributed by atoms with Crippen molar-refractivity contribution >= 4 is 125 Å². The maximum Gasteiger partial charge on any atom is 0.396 e. The Morgan fingerprint density at radius 3 is 1.27 bits per heavy atom. The van der Waals surface area contributed by atoms with E-state index in [9.17, 15) is 69.2 Å². The Morgan fingerprint density at radius 1 is 0.566 bits per heavy atom. The zero-order valence-corrected chi connectivity index (χ0v) is 60.0.